The molecule has 0 saturated heterocycles. The Morgan fingerprint density at radius 2 is 2.09 bits per heavy atom. The van der Waals surface area contributed by atoms with Crippen LogP contribution in [0.25, 0.3) is 5.69 Å². The number of hydrogen-bond donors (Lipinski definition) is 2. The molecule has 23 heavy (non-hydrogen) atoms. The molecule has 1 aromatic heterocycles. The van der Waals surface area contributed by atoms with Crippen LogP contribution in [0.3, 0.4) is 0 Å². The average Bonchev–Trinajstić information content (AvgIpc) is 2.86. The molecule has 122 valence electrons. The fourth-order valence-corrected chi connectivity index (χ4v) is 2.17. The molecule has 0 fully saturated rings. The van der Waals surface area contributed by atoms with Crippen molar-refractivity contribution in [2.45, 2.75) is 6.54 Å². The molecule has 1 aromatic carbocycles. The van der Waals surface area contributed by atoms with Gasteiger partial charge >= 0.3 is 11.7 Å². The SMILES string of the molecule is COc1ccc(-n2ccn(CC(=O)NCC(=O)O)c2=O)c(Cl)c1. The quantitative estimate of drug-likeness (QED) is 0.798. The van der Waals surface area contributed by atoms with Crippen molar-refractivity contribution in [3.63, 3.8) is 0 Å². The minimum Gasteiger partial charge on any atom is -0.497 e. The number of hydrogen-bond acceptors (Lipinski definition) is 4. The normalized spacial score (nSPS) is 10.3. The maximum atomic E-state index is 12.3. The second-order valence-electron chi connectivity index (χ2n) is 4.57. The topological polar surface area (TPSA) is 103 Å². The lowest BCUT2D eigenvalue weighted by atomic mass is 10.3. The van der Waals surface area contributed by atoms with Gasteiger partial charge in [0, 0.05) is 18.5 Å². The lowest BCUT2D eigenvalue weighted by Crippen LogP contribution is -2.35. The molecule has 0 atom stereocenters. The molecule has 0 saturated carbocycles. The van der Waals surface area contributed by atoms with Crippen LogP contribution < -0.4 is 15.7 Å². The summed E-state index contributed by atoms with van der Waals surface area (Å²) in [5, 5.41) is 11.0. The number of carboxylic acids is 1. The summed E-state index contributed by atoms with van der Waals surface area (Å²) in [4.78, 5) is 34.3. The number of ether oxygens (including phenoxy) is 1. The summed E-state index contributed by atoms with van der Waals surface area (Å²) < 4.78 is 7.48. The highest BCUT2D eigenvalue weighted by Gasteiger charge is 2.12. The van der Waals surface area contributed by atoms with E-state index in [0.29, 0.717) is 16.5 Å². The molecule has 2 rings (SSSR count). The first kappa shape index (κ1) is 16.6. The first-order valence-corrected chi connectivity index (χ1v) is 6.90. The van der Waals surface area contributed by atoms with Gasteiger partial charge in [-0.05, 0) is 12.1 Å². The fourth-order valence-electron chi connectivity index (χ4n) is 1.91. The van der Waals surface area contributed by atoms with Crippen molar-refractivity contribution in [3.05, 3.63) is 46.1 Å². The van der Waals surface area contributed by atoms with Crippen molar-refractivity contribution in [1.29, 1.82) is 0 Å². The highest BCUT2D eigenvalue weighted by molar-refractivity contribution is 6.32. The first-order valence-electron chi connectivity index (χ1n) is 6.52. The van der Waals surface area contributed by atoms with E-state index >= 15 is 0 Å². The number of imidazole rings is 1. The van der Waals surface area contributed by atoms with Crippen molar-refractivity contribution in [2.75, 3.05) is 13.7 Å². The van der Waals surface area contributed by atoms with Crippen molar-refractivity contribution < 1.29 is 19.4 Å². The highest BCUT2D eigenvalue weighted by atomic mass is 35.5. The molecule has 0 radical (unpaired) electrons. The van der Waals surface area contributed by atoms with E-state index in [4.69, 9.17) is 21.4 Å². The van der Waals surface area contributed by atoms with Crippen LogP contribution in [0.2, 0.25) is 5.02 Å². The van der Waals surface area contributed by atoms with Crippen LogP contribution in [-0.4, -0.2) is 39.8 Å². The molecule has 0 aliphatic carbocycles. The van der Waals surface area contributed by atoms with E-state index in [-0.39, 0.29) is 6.54 Å². The second-order valence-corrected chi connectivity index (χ2v) is 4.97. The highest BCUT2D eigenvalue weighted by Crippen LogP contribution is 2.24. The molecule has 9 heteroatoms. The summed E-state index contributed by atoms with van der Waals surface area (Å²) in [6.07, 6.45) is 2.89. The standard InChI is InChI=1S/C14H14ClN3O5/c1-23-9-2-3-11(10(15)6-9)18-5-4-17(14(18)22)8-12(19)16-7-13(20)21/h2-6H,7-8H2,1H3,(H,16,19)(H,20,21). The number of methoxy groups -OCH3 is 1. The van der Waals surface area contributed by atoms with Crippen LogP contribution >= 0.6 is 11.6 Å². The maximum absolute atomic E-state index is 12.3. The lowest BCUT2D eigenvalue weighted by molar-refractivity contribution is -0.138. The van der Waals surface area contributed by atoms with Crippen LogP contribution in [0, 0.1) is 0 Å². The number of carboxylic acid groups (broad SMARTS) is 1. The van der Waals surface area contributed by atoms with Gasteiger partial charge in [0.1, 0.15) is 18.8 Å². The average molecular weight is 340 g/mol. The summed E-state index contributed by atoms with van der Waals surface area (Å²) >= 11 is 6.12. The molecule has 0 aliphatic heterocycles. The monoisotopic (exact) mass is 339 g/mol. The Morgan fingerprint density at radius 1 is 1.35 bits per heavy atom. The van der Waals surface area contributed by atoms with E-state index in [1.807, 2.05) is 0 Å². The predicted octanol–water partition coefficient (Wildman–Crippen LogP) is 0.502. The number of aromatic nitrogens is 2. The van der Waals surface area contributed by atoms with Crippen molar-refractivity contribution >= 4 is 23.5 Å². The van der Waals surface area contributed by atoms with Crippen molar-refractivity contribution in [3.8, 4) is 11.4 Å². The molecule has 0 unspecified atom stereocenters. The van der Waals surface area contributed by atoms with Gasteiger partial charge in [0.05, 0.1) is 17.8 Å². The van der Waals surface area contributed by atoms with Crippen molar-refractivity contribution in [1.82, 2.24) is 14.5 Å². The smallest absolute Gasteiger partial charge is 0.333 e. The third-order valence-corrected chi connectivity index (χ3v) is 3.32. The van der Waals surface area contributed by atoms with Crippen LogP contribution in [0.5, 0.6) is 5.75 Å². The largest absolute Gasteiger partial charge is 0.497 e. The van der Waals surface area contributed by atoms with Gasteiger partial charge in [-0.3, -0.25) is 18.7 Å². The minimum absolute atomic E-state index is 0.285. The number of amides is 1. The number of aliphatic carboxylic acids is 1. The number of carbonyl (C=O) groups excluding carboxylic acids is 1. The van der Waals surface area contributed by atoms with Gasteiger partial charge in [0.15, 0.2) is 0 Å². The van der Waals surface area contributed by atoms with E-state index in [1.54, 1.807) is 18.2 Å². The number of rotatable bonds is 6. The van der Waals surface area contributed by atoms with Crippen LogP contribution in [-0.2, 0) is 16.1 Å². The Morgan fingerprint density at radius 3 is 2.70 bits per heavy atom. The fraction of sp³-hybridized carbons (Fsp3) is 0.214. The van der Waals surface area contributed by atoms with Crippen LogP contribution in [0.1, 0.15) is 0 Å². The molecule has 1 amide bonds. The number of benzene rings is 1. The van der Waals surface area contributed by atoms with E-state index in [9.17, 15) is 14.4 Å². The van der Waals surface area contributed by atoms with E-state index in [0.717, 1.165) is 4.57 Å². The van der Waals surface area contributed by atoms with E-state index < -0.39 is 24.1 Å². The minimum atomic E-state index is -1.16. The van der Waals surface area contributed by atoms with Gasteiger partial charge < -0.3 is 15.2 Å². The molecular formula is C14H14ClN3O5. The zero-order valence-corrected chi connectivity index (χ0v) is 12.9. The van der Waals surface area contributed by atoms with Crippen LogP contribution in [0.4, 0.5) is 0 Å². The van der Waals surface area contributed by atoms with Crippen LogP contribution in [0.15, 0.2) is 35.4 Å². The molecule has 0 bridgehead atoms. The Balaban J connectivity index is 2.21. The molecule has 8 nitrogen and oxygen atoms in total. The number of halogens is 1. The van der Waals surface area contributed by atoms with Gasteiger partial charge in [-0.2, -0.15) is 0 Å². The lowest BCUT2D eigenvalue weighted by Gasteiger charge is -2.07. The molecule has 0 aliphatic rings. The van der Waals surface area contributed by atoms with Gasteiger partial charge in [-0.15, -0.1) is 0 Å². The summed E-state index contributed by atoms with van der Waals surface area (Å²) in [7, 11) is 1.50. The second kappa shape index (κ2) is 7.01. The summed E-state index contributed by atoms with van der Waals surface area (Å²) in [6.45, 7) is -0.786. The molecule has 0 spiro atoms. The van der Waals surface area contributed by atoms with Crippen molar-refractivity contribution in [2.24, 2.45) is 0 Å². The Hall–Kier alpha value is -2.74. The number of nitrogens with one attached hydrogen (secondary N) is 1. The molecule has 2 aromatic rings. The zero-order chi connectivity index (χ0) is 17.0. The third kappa shape index (κ3) is 3.92. The Kier molecular flexibility index (Phi) is 5.07. The Labute approximate surface area is 135 Å². The zero-order valence-electron chi connectivity index (χ0n) is 12.2. The van der Waals surface area contributed by atoms with E-state index in [1.165, 1.54) is 24.1 Å². The van der Waals surface area contributed by atoms with Gasteiger partial charge in [-0.1, -0.05) is 11.6 Å². The predicted molar refractivity (Wildman–Crippen MR) is 82.2 cm³/mol. The van der Waals surface area contributed by atoms with Gasteiger partial charge in [0.25, 0.3) is 0 Å². The summed E-state index contributed by atoms with van der Waals surface area (Å²) in [5.74, 6) is -1.18. The number of nitrogens with zero attached hydrogens (tertiary/aromatic N) is 2. The molecular weight excluding hydrogens is 326 g/mol. The van der Waals surface area contributed by atoms with Gasteiger partial charge in [0.2, 0.25) is 5.91 Å². The molecule has 1 heterocycles. The maximum Gasteiger partial charge on any atom is 0.333 e. The number of carbonyl (C=O) groups is 2. The van der Waals surface area contributed by atoms with Gasteiger partial charge in [-0.25, -0.2) is 4.79 Å². The summed E-state index contributed by atoms with van der Waals surface area (Å²) in [6, 6.07) is 4.85. The van der Waals surface area contributed by atoms with E-state index in [2.05, 4.69) is 5.32 Å². The Bertz CT molecular complexity index is 796. The third-order valence-electron chi connectivity index (χ3n) is 3.01. The first-order chi connectivity index (χ1) is 10.9. The summed E-state index contributed by atoms with van der Waals surface area (Å²) in [5.41, 5.74) is -0.0234. The molecule has 2 N–H and O–H groups in total.